The number of carbonyl (C=O) groups is 1. The third kappa shape index (κ3) is 4.65. The topological polar surface area (TPSA) is 59.6 Å². The van der Waals surface area contributed by atoms with Crippen LogP contribution in [0.5, 0.6) is 11.5 Å². The van der Waals surface area contributed by atoms with E-state index < -0.39 is 0 Å². The van der Waals surface area contributed by atoms with Crippen LogP contribution in [-0.2, 0) is 4.79 Å². The van der Waals surface area contributed by atoms with Gasteiger partial charge in [-0.3, -0.25) is 4.79 Å². The van der Waals surface area contributed by atoms with Gasteiger partial charge in [-0.15, -0.1) is 0 Å². The lowest BCUT2D eigenvalue weighted by Crippen LogP contribution is -2.17. The number of hydrogen-bond acceptors (Lipinski definition) is 4. The van der Waals surface area contributed by atoms with Gasteiger partial charge in [-0.25, -0.2) is 0 Å². The largest absolute Gasteiger partial charge is 0.497 e. The van der Waals surface area contributed by atoms with Gasteiger partial charge in [0.1, 0.15) is 11.5 Å². The Labute approximate surface area is 143 Å². The number of benzene rings is 2. The van der Waals surface area contributed by atoms with Crippen LogP contribution in [0.3, 0.4) is 0 Å². The molecule has 0 aliphatic carbocycles. The molecule has 5 heteroatoms. The first-order valence-electron chi connectivity index (χ1n) is 7.86. The summed E-state index contributed by atoms with van der Waals surface area (Å²) < 4.78 is 10.5. The lowest BCUT2D eigenvalue weighted by atomic mass is 10.1. The van der Waals surface area contributed by atoms with E-state index in [1.807, 2.05) is 50.2 Å². The number of rotatable bonds is 7. The van der Waals surface area contributed by atoms with Crippen molar-refractivity contribution < 1.29 is 14.3 Å². The predicted octanol–water partition coefficient (Wildman–Crippen LogP) is 3.76. The molecule has 2 N–H and O–H groups in total. The molecule has 0 aliphatic rings. The van der Waals surface area contributed by atoms with E-state index in [-0.39, 0.29) is 5.91 Å². The third-order valence-electron chi connectivity index (χ3n) is 3.74. The lowest BCUT2D eigenvalue weighted by molar-refractivity contribution is -0.115. The summed E-state index contributed by atoms with van der Waals surface area (Å²) in [7, 11) is 3.23. The summed E-state index contributed by atoms with van der Waals surface area (Å²) in [5, 5.41) is 6.17. The van der Waals surface area contributed by atoms with E-state index in [2.05, 4.69) is 10.6 Å². The maximum atomic E-state index is 12.1. The number of hydrogen-bond donors (Lipinski definition) is 2. The fourth-order valence-corrected chi connectivity index (χ4v) is 2.35. The van der Waals surface area contributed by atoms with Crippen LogP contribution in [0.4, 0.5) is 11.4 Å². The lowest BCUT2D eigenvalue weighted by Gasteiger charge is -2.13. The van der Waals surface area contributed by atoms with Crippen LogP contribution >= 0.6 is 0 Å². The Kier molecular flexibility index (Phi) is 6.07. The first-order valence-corrected chi connectivity index (χ1v) is 7.86. The monoisotopic (exact) mass is 328 g/mol. The van der Waals surface area contributed by atoms with E-state index in [0.717, 1.165) is 28.3 Å². The highest BCUT2D eigenvalue weighted by Crippen LogP contribution is 2.28. The van der Waals surface area contributed by atoms with Gasteiger partial charge in [-0.2, -0.15) is 0 Å². The van der Waals surface area contributed by atoms with Crippen LogP contribution in [0.1, 0.15) is 17.5 Å². The molecule has 0 atom stereocenters. The minimum atomic E-state index is -0.0296. The van der Waals surface area contributed by atoms with Gasteiger partial charge in [0.15, 0.2) is 0 Å². The van der Waals surface area contributed by atoms with Crippen LogP contribution in [0, 0.1) is 13.8 Å². The smallest absolute Gasteiger partial charge is 0.226 e. The molecular weight excluding hydrogens is 304 g/mol. The van der Waals surface area contributed by atoms with Gasteiger partial charge in [0, 0.05) is 24.7 Å². The van der Waals surface area contributed by atoms with E-state index in [9.17, 15) is 4.79 Å². The van der Waals surface area contributed by atoms with Crippen LogP contribution in [0.2, 0.25) is 0 Å². The van der Waals surface area contributed by atoms with Gasteiger partial charge in [0.2, 0.25) is 5.91 Å². The highest BCUT2D eigenvalue weighted by molar-refractivity contribution is 5.91. The Hall–Kier alpha value is -2.69. The van der Waals surface area contributed by atoms with Crippen LogP contribution in [0.15, 0.2) is 36.4 Å². The molecule has 2 aromatic rings. The molecule has 24 heavy (non-hydrogen) atoms. The van der Waals surface area contributed by atoms with Crippen molar-refractivity contribution in [2.75, 3.05) is 31.4 Å². The molecule has 0 fully saturated rings. The Bertz CT molecular complexity index is 714. The van der Waals surface area contributed by atoms with Crippen molar-refractivity contribution in [3.63, 3.8) is 0 Å². The molecular formula is C19H24N2O3. The number of amides is 1. The standard InChI is InChI=1S/C19H24N2O3/c1-13-5-6-14(2)16(11-13)21-19(22)9-10-20-17-12-15(23-3)7-8-18(17)24-4/h5-8,11-12,20H,9-10H2,1-4H3,(H,21,22). The summed E-state index contributed by atoms with van der Waals surface area (Å²) >= 11 is 0. The molecule has 0 saturated heterocycles. The van der Waals surface area contributed by atoms with Gasteiger partial charge >= 0.3 is 0 Å². The number of carbonyl (C=O) groups excluding carboxylic acids is 1. The maximum absolute atomic E-state index is 12.1. The Balaban J connectivity index is 1.92. The van der Waals surface area contributed by atoms with E-state index in [0.29, 0.717) is 18.7 Å². The van der Waals surface area contributed by atoms with Gasteiger partial charge in [-0.05, 0) is 43.2 Å². The average Bonchev–Trinajstić information content (AvgIpc) is 2.58. The Morgan fingerprint density at radius 3 is 2.50 bits per heavy atom. The fourth-order valence-electron chi connectivity index (χ4n) is 2.35. The molecule has 128 valence electrons. The van der Waals surface area contributed by atoms with E-state index in [1.54, 1.807) is 14.2 Å². The number of methoxy groups -OCH3 is 2. The highest BCUT2D eigenvalue weighted by atomic mass is 16.5. The van der Waals surface area contributed by atoms with Gasteiger partial charge in [0.05, 0.1) is 19.9 Å². The van der Waals surface area contributed by atoms with Crippen LogP contribution < -0.4 is 20.1 Å². The normalized spacial score (nSPS) is 10.2. The van der Waals surface area contributed by atoms with Crippen molar-refractivity contribution in [3.05, 3.63) is 47.5 Å². The molecule has 2 rings (SSSR count). The zero-order valence-corrected chi connectivity index (χ0v) is 14.6. The molecule has 2 aromatic carbocycles. The summed E-state index contributed by atoms with van der Waals surface area (Å²) in [5.74, 6) is 1.42. The number of nitrogens with one attached hydrogen (secondary N) is 2. The van der Waals surface area contributed by atoms with Crippen molar-refractivity contribution in [1.29, 1.82) is 0 Å². The first kappa shape index (κ1) is 17.7. The molecule has 0 bridgehead atoms. The van der Waals surface area contributed by atoms with E-state index in [1.165, 1.54) is 0 Å². The first-order chi connectivity index (χ1) is 11.5. The number of ether oxygens (including phenoxy) is 2. The third-order valence-corrected chi connectivity index (χ3v) is 3.74. The zero-order valence-electron chi connectivity index (χ0n) is 14.6. The second-order valence-corrected chi connectivity index (χ2v) is 5.61. The van der Waals surface area contributed by atoms with E-state index >= 15 is 0 Å². The van der Waals surface area contributed by atoms with Crippen molar-refractivity contribution in [2.24, 2.45) is 0 Å². The van der Waals surface area contributed by atoms with Gasteiger partial charge in [-0.1, -0.05) is 12.1 Å². The molecule has 0 spiro atoms. The predicted molar refractivity (Wildman–Crippen MR) is 97.2 cm³/mol. The summed E-state index contributed by atoms with van der Waals surface area (Å²) in [6, 6.07) is 11.5. The Morgan fingerprint density at radius 2 is 1.79 bits per heavy atom. The molecule has 0 aromatic heterocycles. The minimum absolute atomic E-state index is 0.0296. The van der Waals surface area contributed by atoms with Crippen LogP contribution in [-0.4, -0.2) is 26.7 Å². The summed E-state index contributed by atoms with van der Waals surface area (Å²) in [4.78, 5) is 12.1. The van der Waals surface area contributed by atoms with Gasteiger partial charge in [0.25, 0.3) is 0 Å². The van der Waals surface area contributed by atoms with Gasteiger partial charge < -0.3 is 20.1 Å². The molecule has 0 heterocycles. The minimum Gasteiger partial charge on any atom is -0.497 e. The highest BCUT2D eigenvalue weighted by Gasteiger charge is 2.08. The second kappa shape index (κ2) is 8.24. The maximum Gasteiger partial charge on any atom is 0.226 e. The molecule has 0 radical (unpaired) electrons. The summed E-state index contributed by atoms with van der Waals surface area (Å²) in [6.45, 7) is 4.49. The van der Waals surface area contributed by atoms with Crippen molar-refractivity contribution >= 4 is 17.3 Å². The fraction of sp³-hybridized carbons (Fsp3) is 0.316. The SMILES string of the molecule is COc1ccc(OC)c(NCCC(=O)Nc2cc(C)ccc2C)c1. The molecule has 0 saturated carbocycles. The quantitative estimate of drug-likeness (QED) is 0.812. The van der Waals surface area contributed by atoms with Crippen molar-refractivity contribution in [3.8, 4) is 11.5 Å². The number of aryl methyl sites for hydroxylation is 2. The van der Waals surface area contributed by atoms with E-state index in [4.69, 9.17) is 9.47 Å². The van der Waals surface area contributed by atoms with Crippen LogP contribution in [0.25, 0.3) is 0 Å². The summed E-state index contributed by atoms with van der Waals surface area (Å²) in [5.41, 5.74) is 3.84. The second-order valence-electron chi connectivity index (χ2n) is 5.61. The summed E-state index contributed by atoms with van der Waals surface area (Å²) in [6.07, 6.45) is 0.355. The van der Waals surface area contributed by atoms with Crippen molar-refractivity contribution in [2.45, 2.75) is 20.3 Å². The molecule has 0 unspecified atom stereocenters. The molecule has 5 nitrogen and oxygen atoms in total. The van der Waals surface area contributed by atoms with Crippen molar-refractivity contribution in [1.82, 2.24) is 0 Å². The average molecular weight is 328 g/mol. The zero-order chi connectivity index (χ0) is 17.5. The molecule has 0 aliphatic heterocycles. The molecule has 1 amide bonds. The number of anilines is 2. The Morgan fingerprint density at radius 1 is 1.00 bits per heavy atom.